The van der Waals surface area contributed by atoms with E-state index >= 15 is 0 Å². The van der Waals surface area contributed by atoms with Crippen molar-refractivity contribution >= 4 is 40.3 Å². The van der Waals surface area contributed by atoms with Gasteiger partial charge in [-0.1, -0.05) is 12.1 Å². The van der Waals surface area contributed by atoms with Crippen molar-refractivity contribution in [3.05, 3.63) is 95.8 Å². The van der Waals surface area contributed by atoms with Crippen molar-refractivity contribution in [1.82, 2.24) is 24.9 Å². The van der Waals surface area contributed by atoms with Gasteiger partial charge in [-0.3, -0.25) is 9.59 Å². The molecule has 0 unspecified atom stereocenters. The van der Waals surface area contributed by atoms with Crippen LogP contribution in [0.3, 0.4) is 0 Å². The van der Waals surface area contributed by atoms with E-state index in [2.05, 4.69) is 37.9 Å². The topological polar surface area (TPSA) is 117 Å². The van der Waals surface area contributed by atoms with Crippen molar-refractivity contribution < 1.29 is 9.59 Å². The number of amides is 2. The molecule has 2 amide bonds. The quantitative estimate of drug-likeness (QED) is 0.259. The molecular formula is C30H30N8O2. The number of carbonyl (C=O) groups excluding carboxylic acids is 2. The van der Waals surface area contributed by atoms with Gasteiger partial charge in [-0.25, -0.2) is 14.5 Å². The van der Waals surface area contributed by atoms with E-state index in [-0.39, 0.29) is 11.8 Å². The summed E-state index contributed by atoms with van der Waals surface area (Å²) in [6.45, 7) is 4.89. The highest BCUT2D eigenvalue weighted by molar-refractivity contribution is 6.05. The van der Waals surface area contributed by atoms with Crippen molar-refractivity contribution in [3.63, 3.8) is 0 Å². The van der Waals surface area contributed by atoms with Crippen molar-refractivity contribution in [3.8, 4) is 11.4 Å². The normalized spacial score (nSPS) is 10.8. The van der Waals surface area contributed by atoms with Crippen LogP contribution in [0.25, 0.3) is 17.0 Å². The first-order valence-electron chi connectivity index (χ1n) is 12.9. The van der Waals surface area contributed by atoms with Gasteiger partial charge < -0.3 is 20.9 Å². The Morgan fingerprint density at radius 1 is 0.950 bits per heavy atom. The van der Waals surface area contributed by atoms with E-state index in [1.54, 1.807) is 48.2 Å². The van der Waals surface area contributed by atoms with Gasteiger partial charge in [-0.05, 0) is 74.0 Å². The van der Waals surface area contributed by atoms with Crippen LogP contribution in [0.2, 0.25) is 0 Å². The third-order valence-electron chi connectivity index (χ3n) is 6.76. The summed E-state index contributed by atoms with van der Waals surface area (Å²) < 4.78 is 1.66. The number of nitrogens with zero attached hydrogens (tertiary/aromatic N) is 5. The highest BCUT2D eigenvalue weighted by Gasteiger charge is 2.16. The summed E-state index contributed by atoms with van der Waals surface area (Å²) in [7, 11) is 3.61. The fraction of sp³-hybridized carbons (Fsp3) is 0.167. The summed E-state index contributed by atoms with van der Waals surface area (Å²) in [5.74, 6) is 0.624. The zero-order valence-corrected chi connectivity index (χ0v) is 22.8. The highest BCUT2D eigenvalue weighted by atomic mass is 16.2. The number of nitrogens with one attached hydrogen (secondary N) is 3. The maximum absolute atomic E-state index is 13.0. The van der Waals surface area contributed by atoms with Crippen molar-refractivity contribution in [2.75, 3.05) is 36.2 Å². The molecule has 3 aromatic carbocycles. The Labute approximate surface area is 232 Å². The van der Waals surface area contributed by atoms with Crippen LogP contribution in [0.4, 0.5) is 22.9 Å². The zero-order valence-electron chi connectivity index (χ0n) is 22.8. The maximum Gasteiger partial charge on any atom is 0.255 e. The van der Waals surface area contributed by atoms with E-state index in [1.807, 2.05) is 56.4 Å². The Morgan fingerprint density at radius 3 is 2.35 bits per heavy atom. The number of rotatable bonds is 8. The average molecular weight is 535 g/mol. The van der Waals surface area contributed by atoms with Gasteiger partial charge in [0, 0.05) is 66.8 Å². The Balaban J connectivity index is 1.43. The summed E-state index contributed by atoms with van der Waals surface area (Å²) >= 11 is 0. The molecule has 0 aliphatic rings. The number of fused-ring (bicyclic) bond motifs is 1. The molecular weight excluding hydrogens is 504 g/mol. The second-order valence-electron chi connectivity index (χ2n) is 9.25. The predicted molar refractivity (Wildman–Crippen MR) is 157 cm³/mol. The summed E-state index contributed by atoms with van der Waals surface area (Å²) in [5, 5.41) is 13.6. The van der Waals surface area contributed by atoms with Crippen LogP contribution in [0.15, 0.2) is 79.1 Å². The lowest BCUT2D eigenvalue weighted by Crippen LogP contribution is -2.17. The van der Waals surface area contributed by atoms with Gasteiger partial charge in [-0.2, -0.15) is 0 Å². The number of aromatic nitrogens is 4. The standard InChI is InChI=1S/C30H30N8O2/c1-5-37(4)23-15-11-21(12-16-23)30(40)34-25-8-6-7-24(19(25)2)26-35-27(28-32-17-18-38(28)36-26)33-22-13-9-20(10-14-22)29(39)31-3/h6-18H,5H2,1-4H3,(H,31,39)(H,34,40)(H,33,35,36). The minimum absolute atomic E-state index is 0.157. The number of anilines is 4. The molecule has 2 aromatic heterocycles. The van der Waals surface area contributed by atoms with Crippen molar-refractivity contribution in [1.29, 1.82) is 0 Å². The van der Waals surface area contributed by atoms with Gasteiger partial charge in [0.2, 0.25) is 0 Å². The maximum atomic E-state index is 13.0. The Bertz CT molecular complexity index is 1680. The molecule has 0 saturated carbocycles. The third kappa shape index (κ3) is 5.32. The molecule has 3 N–H and O–H groups in total. The van der Waals surface area contributed by atoms with Crippen LogP contribution in [-0.4, -0.2) is 52.0 Å². The smallest absolute Gasteiger partial charge is 0.255 e. The van der Waals surface area contributed by atoms with E-state index in [1.165, 1.54) is 0 Å². The monoisotopic (exact) mass is 534 g/mol. The average Bonchev–Trinajstić information content (AvgIpc) is 3.47. The highest BCUT2D eigenvalue weighted by Crippen LogP contribution is 2.29. The van der Waals surface area contributed by atoms with Gasteiger partial charge in [0.15, 0.2) is 17.3 Å². The molecule has 0 bridgehead atoms. The molecule has 10 heteroatoms. The van der Waals surface area contributed by atoms with E-state index in [0.717, 1.165) is 29.0 Å². The van der Waals surface area contributed by atoms with Crippen LogP contribution >= 0.6 is 0 Å². The second kappa shape index (κ2) is 11.2. The summed E-state index contributed by atoms with van der Waals surface area (Å²) in [5.41, 5.74) is 5.76. The molecule has 0 fully saturated rings. The number of imidazole rings is 1. The molecule has 10 nitrogen and oxygen atoms in total. The van der Waals surface area contributed by atoms with Crippen LogP contribution < -0.4 is 20.9 Å². The van der Waals surface area contributed by atoms with Gasteiger partial charge in [0.05, 0.1) is 0 Å². The van der Waals surface area contributed by atoms with Crippen LogP contribution in [0.5, 0.6) is 0 Å². The number of benzene rings is 3. The van der Waals surface area contributed by atoms with Crippen molar-refractivity contribution in [2.45, 2.75) is 13.8 Å². The molecule has 5 aromatic rings. The van der Waals surface area contributed by atoms with E-state index in [0.29, 0.717) is 34.1 Å². The van der Waals surface area contributed by atoms with Crippen LogP contribution in [0, 0.1) is 6.92 Å². The lowest BCUT2D eigenvalue weighted by molar-refractivity contribution is 0.0962. The Kier molecular flexibility index (Phi) is 7.41. The first-order valence-corrected chi connectivity index (χ1v) is 12.9. The predicted octanol–water partition coefficient (Wildman–Crippen LogP) is 4.91. The van der Waals surface area contributed by atoms with Gasteiger partial charge >= 0.3 is 0 Å². The molecule has 0 spiro atoms. The van der Waals surface area contributed by atoms with E-state index in [4.69, 9.17) is 4.98 Å². The number of carbonyl (C=O) groups is 2. The molecule has 0 atom stereocenters. The van der Waals surface area contributed by atoms with Crippen LogP contribution in [0.1, 0.15) is 33.2 Å². The molecule has 5 rings (SSSR count). The molecule has 202 valence electrons. The molecule has 0 aliphatic carbocycles. The lowest BCUT2D eigenvalue weighted by atomic mass is 10.1. The molecule has 0 radical (unpaired) electrons. The van der Waals surface area contributed by atoms with E-state index in [9.17, 15) is 9.59 Å². The largest absolute Gasteiger partial charge is 0.375 e. The first-order chi connectivity index (χ1) is 19.4. The van der Waals surface area contributed by atoms with Gasteiger partial charge in [-0.15, -0.1) is 5.10 Å². The second-order valence-corrected chi connectivity index (χ2v) is 9.25. The molecule has 2 heterocycles. The third-order valence-corrected chi connectivity index (χ3v) is 6.76. The SMILES string of the molecule is CCN(C)c1ccc(C(=O)Nc2cccc(-c3nc(Nc4ccc(C(=O)NC)cc4)c4nccn4n3)c2C)cc1. The number of hydrogen-bond donors (Lipinski definition) is 3. The first kappa shape index (κ1) is 26.4. The number of hydrogen-bond acceptors (Lipinski definition) is 7. The summed E-state index contributed by atoms with van der Waals surface area (Å²) in [6, 6.07) is 20.3. The fourth-order valence-electron chi connectivity index (χ4n) is 4.27. The summed E-state index contributed by atoms with van der Waals surface area (Å²) in [6.07, 6.45) is 3.40. The van der Waals surface area contributed by atoms with E-state index < -0.39 is 0 Å². The molecule has 40 heavy (non-hydrogen) atoms. The summed E-state index contributed by atoms with van der Waals surface area (Å²) in [4.78, 5) is 36.2. The van der Waals surface area contributed by atoms with Crippen molar-refractivity contribution in [2.24, 2.45) is 0 Å². The van der Waals surface area contributed by atoms with Crippen LogP contribution in [-0.2, 0) is 0 Å². The molecule has 0 saturated heterocycles. The lowest BCUT2D eigenvalue weighted by Gasteiger charge is -2.17. The van der Waals surface area contributed by atoms with Gasteiger partial charge in [0.1, 0.15) is 0 Å². The van der Waals surface area contributed by atoms with Gasteiger partial charge in [0.25, 0.3) is 11.8 Å². The Hall–Kier alpha value is -5.25. The minimum Gasteiger partial charge on any atom is -0.375 e. The Morgan fingerprint density at radius 2 is 1.65 bits per heavy atom. The minimum atomic E-state index is -0.195. The molecule has 0 aliphatic heterocycles. The zero-order chi connectivity index (χ0) is 28.2. The fourth-order valence-corrected chi connectivity index (χ4v) is 4.27.